The van der Waals surface area contributed by atoms with E-state index in [1.165, 1.54) is 4.57 Å². The van der Waals surface area contributed by atoms with Crippen LogP contribution >= 0.6 is 0 Å². The maximum absolute atomic E-state index is 12.8. The number of aryl methyl sites for hydroxylation is 2. The summed E-state index contributed by atoms with van der Waals surface area (Å²) in [6.07, 6.45) is 3.44. The van der Waals surface area contributed by atoms with Crippen molar-refractivity contribution in [3.63, 3.8) is 0 Å². The number of rotatable bonds is 5. The molecule has 0 saturated carbocycles. The third-order valence-corrected chi connectivity index (χ3v) is 6.41. The van der Waals surface area contributed by atoms with Gasteiger partial charge in [-0.3, -0.25) is 9.59 Å². The quantitative estimate of drug-likeness (QED) is 0.518. The maximum Gasteiger partial charge on any atom is 0.293 e. The van der Waals surface area contributed by atoms with Gasteiger partial charge in [-0.25, -0.2) is 4.98 Å². The predicted octanol–water partition coefficient (Wildman–Crippen LogP) is 3.09. The zero-order chi connectivity index (χ0) is 23.7. The molecule has 0 aliphatic carbocycles. The second-order valence-corrected chi connectivity index (χ2v) is 8.72. The largest absolute Gasteiger partial charge is 0.397 e. The Morgan fingerprint density at radius 1 is 1.21 bits per heavy atom. The molecule has 1 aliphatic rings. The highest BCUT2D eigenvalue weighted by Gasteiger charge is 2.25. The number of piperidine rings is 1. The van der Waals surface area contributed by atoms with Gasteiger partial charge in [0.05, 0.1) is 23.0 Å². The Kier molecular flexibility index (Phi) is 6.09. The van der Waals surface area contributed by atoms with E-state index in [0.29, 0.717) is 17.9 Å². The van der Waals surface area contributed by atoms with E-state index in [4.69, 9.17) is 11.5 Å². The first-order valence-electron chi connectivity index (χ1n) is 11.1. The number of primary amides is 1. The third-order valence-electron chi connectivity index (χ3n) is 6.41. The molecule has 33 heavy (non-hydrogen) atoms. The number of carbonyl (C=O) groups excluding carboxylic acids is 1. The number of benzene rings is 2. The van der Waals surface area contributed by atoms with Crippen molar-refractivity contribution >= 4 is 28.8 Å². The van der Waals surface area contributed by atoms with Crippen LogP contribution in [0.25, 0.3) is 11.3 Å². The molecule has 3 aromatic rings. The fourth-order valence-electron chi connectivity index (χ4n) is 4.33. The molecule has 8 nitrogen and oxygen atoms in total. The molecule has 5 N–H and O–H groups in total. The minimum absolute atomic E-state index is 0.170. The van der Waals surface area contributed by atoms with Crippen molar-refractivity contribution in [2.45, 2.75) is 26.7 Å². The Bertz CT molecular complexity index is 1270. The molecule has 172 valence electrons. The first kappa shape index (κ1) is 22.4. The lowest BCUT2D eigenvalue weighted by Crippen LogP contribution is -2.41. The molecule has 1 fully saturated rings. The Balaban J connectivity index is 1.62. The van der Waals surface area contributed by atoms with E-state index < -0.39 is 0 Å². The summed E-state index contributed by atoms with van der Waals surface area (Å²) in [6, 6.07) is 11.6. The number of aromatic nitrogens is 2. The molecular formula is C25H30N6O2. The monoisotopic (exact) mass is 446 g/mol. The van der Waals surface area contributed by atoms with E-state index in [2.05, 4.69) is 28.2 Å². The van der Waals surface area contributed by atoms with Gasteiger partial charge < -0.3 is 26.3 Å². The molecule has 1 amide bonds. The van der Waals surface area contributed by atoms with Crippen LogP contribution in [0.5, 0.6) is 0 Å². The van der Waals surface area contributed by atoms with Crippen LogP contribution in [0.1, 0.15) is 24.0 Å². The molecule has 2 heterocycles. The summed E-state index contributed by atoms with van der Waals surface area (Å²) < 4.78 is 1.53. The lowest BCUT2D eigenvalue weighted by Gasteiger charge is -2.33. The molecule has 0 spiro atoms. The Labute approximate surface area is 193 Å². The molecule has 1 aliphatic heterocycles. The van der Waals surface area contributed by atoms with Crippen molar-refractivity contribution < 1.29 is 4.79 Å². The minimum atomic E-state index is -0.276. The van der Waals surface area contributed by atoms with Crippen LogP contribution in [-0.4, -0.2) is 28.5 Å². The smallest absolute Gasteiger partial charge is 0.293 e. The van der Waals surface area contributed by atoms with E-state index in [0.717, 1.165) is 47.5 Å². The molecule has 1 saturated heterocycles. The normalized spacial score (nSPS) is 16.0. The number of nitrogens with zero attached hydrogens (tertiary/aromatic N) is 3. The zero-order valence-electron chi connectivity index (χ0n) is 19.3. The summed E-state index contributed by atoms with van der Waals surface area (Å²) in [5.74, 6) is -0.215. The Morgan fingerprint density at radius 2 is 2.00 bits per heavy atom. The summed E-state index contributed by atoms with van der Waals surface area (Å²) in [7, 11) is 1.72. The lowest BCUT2D eigenvalue weighted by atomic mass is 9.97. The number of anilines is 4. The average Bonchev–Trinajstić information content (AvgIpc) is 2.79. The third kappa shape index (κ3) is 4.55. The number of hydrogen-bond donors (Lipinski definition) is 3. The van der Waals surface area contributed by atoms with Crippen LogP contribution < -0.4 is 27.2 Å². The van der Waals surface area contributed by atoms with Gasteiger partial charge in [0.25, 0.3) is 5.56 Å². The van der Waals surface area contributed by atoms with E-state index in [1.54, 1.807) is 19.3 Å². The van der Waals surface area contributed by atoms with Gasteiger partial charge in [-0.1, -0.05) is 18.2 Å². The minimum Gasteiger partial charge on any atom is -0.397 e. The summed E-state index contributed by atoms with van der Waals surface area (Å²) in [5.41, 5.74) is 17.7. The number of nitrogens with two attached hydrogens (primary N) is 2. The standard InChI is InChI=1S/C25H30N6O2/c1-15-6-4-8-19(16(15)2)21-14-30(3)25(33)24(29-21)28-18-9-10-22(20(26)12-18)31-11-5-7-17(13-31)23(27)32/h4,6,8-10,12,14,17H,5,7,11,13,26H2,1-3H3,(H2,27,32)(H,28,29). The van der Waals surface area contributed by atoms with Crippen LogP contribution in [-0.2, 0) is 11.8 Å². The Hall–Kier alpha value is -3.81. The Morgan fingerprint density at radius 3 is 2.73 bits per heavy atom. The van der Waals surface area contributed by atoms with Crippen LogP contribution in [0.2, 0.25) is 0 Å². The van der Waals surface area contributed by atoms with Crippen LogP contribution in [0.15, 0.2) is 47.4 Å². The van der Waals surface area contributed by atoms with Gasteiger partial charge in [-0.2, -0.15) is 0 Å². The molecule has 4 rings (SSSR count). The van der Waals surface area contributed by atoms with Crippen molar-refractivity contribution in [3.8, 4) is 11.3 Å². The highest BCUT2D eigenvalue weighted by atomic mass is 16.1. The maximum atomic E-state index is 12.8. The van der Waals surface area contributed by atoms with Gasteiger partial charge in [-0.05, 0) is 56.0 Å². The molecule has 1 unspecified atom stereocenters. The first-order chi connectivity index (χ1) is 15.7. The second-order valence-electron chi connectivity index (χ2n) is 8.72. The van der Waals surface area contributed by atoms with Gasteiger partial charge in [0, 0.05) is 37.6 Å². The molecular weight excluding hydrogens is 416 g/mol. The summed E-state index contributed by atoms with van der Waals surface area (Å²) in [5, 5.41) is 3.14. The van der Waals surface area contributed by atoms with Crippen LogP contribution in [0.3, 0.4) is 0 Å². The number of hydrogen-bond acceptors (Lipinski definition) is 6. The van der Waals surface area contributed by atoms with Crippen molar-refractivity contribution in [2.75, 3.05) is 29.0 Å². The fourth-order valence-corrected chi connectivity index (χ4v) is 4.33. The average molecular weight is 447 g/mol. The van der Waals surface area contributed by atoms with Crippen LogP contribution in [0.4, 0.5) is 22.9 Å². The highest BCUT2D eigenvalue weighted by molar-refractivity contribution is 5.79. The fraction of sp³-hybridized carbons (Fsp3) is 0.320. The number of carbonyl (C=O) groups is 1. The number of amides is 1. The molecule has 0 bridgehead atoms. The predicted molar refractivity (Wildman–Crippen MR) is 133 cm³/mol. The van der Waals surface area contributed by atoms with Gasteiger partial charge >= 0.3 is 0 Å². The topological polar surface area (TPSA) is 119 Å². The molecule has 8 heteroatoms. The van der Waals surface area contributed by atoms with E-state index in [-0.39, 0.29) is 23.2 Å². The molecule has 2 aromatic carbocycles. The molecule has 0 radical (unpaired) electrons. The van der Waals surface area contributed by atoms with Crippen molar-refractivity contribution in [2.24, 2.45) is 18.7 Å². The van der Waals surface area contributed by atoms with Crippen LogP contribution in [0, 0.1) is 19.8 Å². The highest BCUT2D eigenvalue weighted by Crippen LogP contribution is 2.31. The molecule has 1 aromatic heterocycles. The van der Waals surface area contributed by atoms with Gasteiger partial charge in [0.2, 0.25) is 5.91 Å². The SMILES string of the molecule is Cc1cccc(-c2cn(C)c(=O)c(Nc3ccc(N4CCCC(C(N)=O)C4)c(N)c3)n2)c1C. The number of nitrogen functional groups attached to an aromatic ring is 1. The van der Waals surface area contributed by atoms with Gasteiger partial charge in [0.15, 0.2) is 5.82 Å². The van der Waals surface area contributed by atoms with Crippen molar-refractivity contribution in [1.82, 2.24) is 9.55 Å². The summed E-state index contributed by atoms with van der Waals surface area (Å²) in [4.78, 5) is 31.1. The summed E-state index contributed by atoms with van der Waals surface area (Å²) in [6.45, 7) is 5.48. The molecule has 1 atom stereocenters. The first-order valence-corrected chi connectivity index (χ1v) is 11.1. The van der Waals surface area contributed by atoms with Crippen molar-refractivity contribution in [3.05, 3.63) is 64.1 Å². The van der Waals surface area contributed by atoms with Crippen molar-refractivity contribution in [1.29, 1.82) is 0 Å². The lowest BCUT2D eigenvalue weighted by molar-refractivity contribution is -0.122. The zero-order valence-corrected chi connectivity index (χ0v) is 19.3. The van der Waals surface area contributed by atoms with E-state index in [1.807, 2.05) is 31.2 Å². The van der Waals surface area contributed by atoms with Gasteiger partial charge in [0.1, 0.15) is 0 Å². The van der Waals surface area contributed by atoms with E-state index in [9.17, 15) is 9.59 Å². The summed E-state index contributed by atoms with van der Waals surface area (Å²) >= 11 is 0. The van der Waals surface area contributed by atoms with E-state index >= 15 is 0 Å². The number of nitrogens with one attached hydrogen (secondary N) is 1. The van der Waals surface area contributed by atoms with Gasteiger partial charge in [-0.15, -0.1) is 0 Å². The second kappa shape index (κ2) is 8.97.